The van der Waals surface area contributed by atoms with E-state index in [0.717, 1.165) is 30.5 Å². The first kappa shape index (κ1) is 51.7. The summed E-state index contributed by atoms with van der Waals surface area (Å²) in [6, 6.07) is 51.4. The van der Waals surface area contributed by atoms with Crippen molar-refractivity contribution in [2.45, 2.75) is 31.8 Å². The van der Waals surface area contributed by atoms with Gasteiger partial charge in [-0.2, -0.15) is 21.0 Å². The second-order valence-electron chi connectivity index (χ2n) is 17.6. The second-order valence-corrected chi connectivity index (χ2v) is 22.9. The lowest BCUT2D eigenvalue weighted by molar-refractivity contribution is -0.166. The van der Waals surface area contributed by atoms with Crippen LogP contribution in [0.15, 0.2) is 173 Å². The van der Waals surface area contributed by atoms with Crippen LogP contribution in [0.2, 0.25) is 0 Å². The van der Waals surface area contributed by atoms with Gasteiger partial charge in [0, 0.05) is 40.9 Å². The number of allylic oxidation sites excluding steroid dienone is 1. The van der Waals surface area contributed by atoms with Crippen LogP contribution in [0.3, 0.4) is 0 Å². The predicted molar refractivity (Wildman–Crippen MR) is 303 cm³/mol. The summed E-state index contributed by atoms with van der Waals surface area (Å²) in [4.78, 5) is 74.7. The molecule has 0 atom stereocenters. The van der Waals surface area contributed by atoms with E-state index < -0.39 is 40.4 Å². The minimum Gasteiger partial charge on any atom is -0.459 e. The molecule has 11 rings (SSSR count). The first-order valence-electron chi connectivity index (χ1n) is 23.9. The zero-order chi connectivity index (χ0) is 54.7. The van der Waals surface area contributed by atoms with Crippen LogP contribution in [0, 0.1) is 50.7 Å². The molecule has 0 radical (unpaired) electrons. The van der Waals surface area contributed by atoms with Crippen LogP contribution in [0.25, 0.3) is 39.7 Å². The van der Waals surface area contributed by atoms with Crippen molar-refractivity contribution >= 4 is 132 Å². The van der Waals surface area contributed by atoms with E-state index in [1.54, 1.807) is 133 Å². The smallest absolute Gasteiger partial charge is 0.333 e. The molecule has 0 saturated carbocycles. The summed E-state index contributed by atoms with van der Waals surface area (Å²) in [6.45, 7) is -1.14. The van der Waals surface area contributed by atoms with Gasteiger partial charge in [-0.25, -0.2) is 9.98 Å². The largest absolute Gasteiger partial charge is 0.459 e. The first-order chi connectivity index (χ1) is 38.6. The highest BCUT2D eigenvalue weighted by molar-refractivity contribution is 7.40. The third-order valence-electron chi connectivity index (χ3n) is 13.0. The number of ether oxygens (including phenoxy) is 4. The summed E-state index contributed by atoms with van der Waals surface area (Å²) >= 11 is 6.18. The van der Waals surface area contributed by atoms with Gasteiger partial charge in [-0.3, -0.25) is 19.2 Å². The van der Waals surface area contributed by atoms with E-state index in [2.05, 4.69) is 9.98 Å². The van der Waals surface area contributed by atoms with E-state index >= 15 is 19.2 Å². The zero-order valence-electron chi connectivity index (χ0n) is 40.8. The summed E-state index contributed by atoms with van der Waals surface area (Å²) < 4.78 is 27.9. The SMILES string of the molecule is N#CC(C#N)=Nc1ccc(C2=CC3=C(c4sc5c(sc6cc(-c7ccc(N=C(C#N)C#N)s7)sc65)c4C3(C(=O)OCc3ccccc3)C(=O)OCc3ccccc3)C2(C(=O)OCc2ccccc2)C(=O)OCc2ccccc2)s1. The predicted octanol–water partition coefficient (Wildman–Crippen LogP) is 13.3. The third kappa shape index (κ3) is 9.32. The normalized spacial score (nSPS) is 13.4. The Morgan fingerprint density at radius 1 is 0.443 bits per heavy atom. The Kier molecular flexibility index (Phi) is 14.3. The molecule has 9 aromatic rings. The molecule has 0 aliphatic heterocycles. The van der Waals surface area contributed by atoms with Gasteiger partial charge in [0.15, 0.2) is 0 Å². The number of esters is 4. The van der Waals surface area contributed by atoms with Crippen LogP contribution < -0.4 is 0 Å². The fourth-order valence-electron chi connectivity index (χ4n) is 9.42. The maximum atomic E-state index is 16.0. The lowest BCUT2D eigenvalue weighted by atomic mass is 9.75. The van der Waals surface area contributed by atoms with Crippen molar-refractivity contribution in [2.75, 3.05) is 0 Å². The lowest BCUT2D eigenvalue weighted by Crippen LogP contribution is -2.46. The van der Waals surface area contributed by atoms with E-state index in [1.165, 1.54) is 57.5 Å². The average Bonchev–Trinajstić information content (AvgIpc) is 1.85. The van der Waals surface area contributed by atoms with Crippen LogP contribution in [-0.4, -0.2) is 35.3 Å². The van der Waals surface area contributed by atoms with Crippen LogP contribution in [0.1, 0.15) is 37.6 Å². The van der Waals surface area contributed by atoms with Gasteiger partial charge in [0.2, 0.25) is 22.3 Å². The fourth-order valence-corrected chi connectivity index (χ4v) is 15.8. The van der Waals surface area contributed by atoms with Crippen molar-refractivity contribution in [2.24, 2.45) is 15.4 Å². The summed E-state index contributed by atoms with van der Waals surface area (Å²) in [7, 11) is 0. The maximum Gasteiger partial charge on any atom is 0.333 e. The summed E-state index contributed by atoms with van der Waals surface area (Å²) in [5.74, 6) is -4.24. The Labute approximate surface area is 470 Å². The van der Waals surface area contributed by atoms with Crippen LogP contribution >= 0.6 is 56.7 Å². The molecule has 79 heavy (non-hydrogen) atoms. The van der Waals surface area contributed by atoms with E-state index in [1.807, 2.05) is 36.4 Å². The molecule has 0 N–H and O–H groups in total. The average molecular weight is 1130 g/mol. The van der Waals surface area contributed by atoms with Crippen molar-refractivity contribution in [3.8, 4) is 34.0 Å². The highest BCUT2D eigenvalue weighted by Gasteiger charge is 2.71. The summed E-state index contributed by atoms with van der Waals surface area (Å²) in [6.07, 6.45) is 1.48. The minimum atomic E-state index is -2.58. The van der Waals surface area contributed by atoms with Crippen LogP contribution in [0.4, 0.5) is 10.0 Å². The molecule has 0 fully saturated rings. The minimum absolute atomic E-state index is 0.0234. The number of hydrogen-bond donors (Lipinski definition) is 0. The summed E-state index contributed by atoms with van der Waals surface area (Å²) in [5, 5.41) is 38.8. The van der Waals surface area contributed by atoms with E-state index in [9.17, 15) is 21.0 Å². The van der Waals surface area contributed by atoms with Crippen molar-refractivity contribution in [1.29, 1.82) is 21.0 Å². The molecule has 5 aromatic heterocycles. The number of fused-ring (bicyclic) bond motifs is 6. The lowest BCUT2D eigenvalue weighted by Gasteiger charge is -2.30. The van der Waals surface area contributed by atoms with Gasteiger partial charge in [0.1, 0.15) is 60.7 Å². The quantitative estimate of drug-likeness (QED) is 0.0381. The van der Waals surface area contributed by atoms with Gasteiger partial charge in [-0.05, 0) is 64.2 Å². The van der Waals surface area contributed by atoms with Gasteiger partial charge in [-0.15, -0.1) is 56.7 Å². The molecule has 2 aliphatic rings. The van der Waals surface area contributed by atoms with Crippen molar-refractivity contribution in [3.63, 3.8) is 0 Å². The molecule has 0 amide bonds. The topological polar surface area (TPSA) is 225 Å². The number of carbonyl (C=O) groups excluding carboxylic acids is 4. The Morgan fingerprint density at radius 2 is 0.861 bits per heavy atom. The monoisotopic (exact) mass is 1130 g/mol. The molecule has 2 aliphatic carbocycles. The van der Waals surface area contributed by atoms with E-state index in [4.69, 9.17) is 18.9 Å². The molecule has 0 unspecified atom stereocenters. The Morgan fingerprint density at radius 3 is 1.30 bits per heavy atom. The number of benzene rings is 4. The van der Waals surface area contributed by atoms with Gasteiger partial charge in [0.25, 0.3) is 0 Å². The van der Waals surface area contributed by atoms with Crippen molar-refractivity contribution in [3.05, 3.63) is 201 Å². The van der Waals surface area contributed by atoms with Gasteiger partial charge in [0.05, 0.1) is 14.1 Å². The molecular weight excluding hydrogens is 1090 g/mol. The number of nitriles is 4. The summed E-state index contributed by atoms with van der Waals surface area (Å²) in [5.41, 5.74) is -3.39. The maximum absolute atomic E-state index is 16.0. The number of rotatable bonds is 16. The number of hydrogen-bond acceptors (Lipinski definition) is 19. The Hall–Kier alpha value is -9.44. The number of nitrogens with zero attached hydrogens (tertiary/aromatic N) is 6. The van der Waals surface area contributed by atoms with Gasteiger partial charge in [-0.1, -0.05) is 121 Å². The third-order valence-corrected chi connectivity index (χ3v) is 19.1. The highest BCUT2D eigenvalue weighted by Crippen LogP contribution is 2.68. The van der Waals surface area contributed by atoms with Crippen LogP contribution in [-0.2, 0) is 70.0 Å². The number of aliphatic imine (C=N–C) groups is 2. The molecular formula is C60H34N6O8S5. The zero-order valence-corrected chi connectivity index (χ0v) is 44.9. The molecule has 0 spiro atoms. The molecule has 5 heterocycles. The highest BCUT2D eigenvalue weighted by atomic mass is 32.1. The first-order valence-corrected chi connectivity index (χ1v) is 28.0. The van der Waals surface area contributed by atoms with Gasteiger partial charge < -0.3 is 18.9 Å². The molecule has 0 bridgehead atoms. The molecule has 0 saturated heterocycles. The Balaban J connectivity index is 1.19. The standard InChI is InChI=1S/C60H34N6O8S5/c61-27-39(28-62)65-47-23-21-43(75-47)41-25-42-49(59(41,55(67)71-31-35-13-5-1-6-14-35)56(68)72-32-36-15-7-2-8-16-36)52-50(53-54(79-52)51-46(78-53)26-45(77-51)44-22-24-48(76-44)66-40(29-63)30-64)60(42,57(69)73-33-37-17-9-3-10-18-37)58(70)74-34-38-19-11-4-12-20-38/h1-26H,31-34H2. The van der Waals surface area contributed by atoms with Crippen molar-refractivity contribution < 1.29 is 38.1 Å². The van der Waals surface area contributed by atoms with Crippen LogP contribution in [0.5, 0.6) is 0 Å². The fraction of sp³-hybridized carbons (Fsp3) is 0.100. The van der Waals surface area contributed by atoms with E-state index in [0.29, 0.717) is 36.7 Å². The number of carbonyl (C=O) groups is 4. The number of thiophene rings is 5. The van der Waals surface area contributed by atoms with Gasteiger partial charge >= 0.3 is 23.9 Å². The molecule has 14 nitrogen and oxygen atoms in total. The van der Waals surface area contributed by atoms with Crippen molar-refractivity contribution in [1.82, 2.24) is 0 Å². The Bertz CT molecular complexity index is 4090. The molecule has 19 heteroatoms. The second kappa shape index (κ2) is 21.9. The van der Waals surface area contributed by atoms with E-state index in [-0.39, 0.29) is 69.2 Å². The molecule has 4 aromatic carbocycles. The molecule has 382 valence electrons.